The monoisotopic (exact) mass is 432 g/mol. The third-order valence-corrected chi connectivity index (χ3v) is 5.24. The summed E-state index contributed by atoms with van der Waals surface area (Å²) in [5.74, 6) is -2.08. The molecular weight excluding hydrogens is 408 g/mol. The molecular formula is C23H24N6O3. The molecule has 0 saturated heterocycles. The van der Waals surface area contributed by atoms with Gasteiger partial charge in [0.1, 0.15) is 6.54 Å². The average Bonchev–Trinajstić information content (AvgIpc) is 3.57. The van der Waals surface area contributed by atoms with Crippen molar-refractivity contribution < 1.29 is 14.4 Å². The van der Waals surface area contributed by atoms with Gasteiger partial charge in [0.2, 0.25) is 0 Å². The summed E-state index contributed by atoms with van der Waals surface area (Å²) < 4.78 is 0. The number of nitrogens with zero attached hydrogens (tertiary/aromatic N) is 1. The average molecular weight is 432 g/mol. The Kier molecular flexibility index (Phi) is 6.85. The van der Waals surface area contributed by atoms with Gasteiger partial charge in [-0.15, -0.1) is 0 Å². The second-order valence-electron chi connectivity index (χ2n) is 7.45. The molecule has 3 amide bonds. The lowest BCUT2D eigenvalue weighted by Gasteiger charge is -2.22. The van der Waals surface area contributed by atoms with Gasteiger partial charge in [-0.3, -0.25) is 14.4 Å². The van der Waals surface area contributed by atoms with Crippen LogP contribution in [-0.4, -0.2) is 42.6 Å². The van der Waals surface area contributed by atoms with E-state index >= 15 is 0 Å². The zero-order chi connectivity index (χ0) is 23.1. The van der Waals surface area contributed by atoms with Crippen molar-refractivity contribution in [2.24, 2.45) is 0 Å². The number of amides is 3. The Balaban J connectivity index is 1.68. The lowest BCUT2D eigenvalue weighted by molar-refractivity contribution is -0.139. The van der Waals surface area contributed by atoms with Gasteiger partial charge >= 0.3 is 11.8 Å². The summed E-state index contributed by atoms with van der Waals surface area (Å²) in [6.45, 7) is -0.276. The molecule has 9 nitrogen and oxygen atoms in total. The SMILES string of the molecule is CN/C=C1/C=CC(C2(NC(=O)c3ccccc3CNC(=O)C(=O)NCC#N)CC2)=CC1=N. The predicted octanol–water partition coefficient (Wildman–Crippen LogP) is 0.824. The van der Waals surface area contributed by atoms with Crippen LogP contribution in [0.5, 0.6) is 0 Å². The van der Waals surface area contributed by atoms with Gasteiger partial charge in [0.25, 0.3) is 5.91 Å². The number of nitrogens with one attached hydrogen (secondary N) is 5. The summed E-state index contributed by atoms with van der Waals surface area (Å²) in [5.41, 5.74) is 2.45. The maximum Gasteiger partial charge on any atom is 0.310 e. The molecule has 2 aliphatic rings. The van der Waals surface area contributed by atoms with Gasteiger partial charge < -0.3 is 26.7 Å². The molecule has 0 bridgehead atoms. The molecule has 0 spiro atoms. The highest BCUT2D eigenvalue weighted by Gasteiger charge is 2.47. The van der Waals surface area contributed by atoms with Crippen molar-refractivity contribution in [2.45, 2.75) is 24.9 Å². The quantitative estimate of drug-likeness (QED) is 0.320. The van der Waals surface area contributed by atoms with Gasteiger partial charge in [0.05, 0.1) is 17.3 Å². The number of nitriles is 1. The molecule has 0 unspecified atom stereocenters. The molecule has 3 rings (SSSR count). The minimum atomic E-state index is -0.907. The number of hydrogen-bond donors (Lipinski definition) is 5. The Hall–Kier alpha value is -4.19. The van der Waals surface area contributed by atoms with Gasteiger partial charge in [-0.1, -0.05) is 30.4 Å². The zero-order valence-electron chi connectivity index (χ0n) is 17.6. The Labute approximate surface area is 185 Å². The number of allylic oxidation sites excluding steroid dienone is 3. The van der Waals surface area contributed by atoms with Crippen molar-refractivity contribution in [3.63, 3.8) is 0 Å². The molecule has 32 heavy (non-hydrogen) atoms. The highest BCUT2D eigenvalue weighted by molar-refractivity contribution is 6.35. The molecule has 1 aromatic carbocycles. The smallest absolute Gasteiger partial charge is 0.310 e. The molecule has 0 radical (unpaired) electrons. The van der Waals surface area contributed by atoms with E-state index in [1.54, 1.807) is 49.7 Å². The number of carbonyl (C=O) groups excluding carboxylic acids is 3. The molecule has 0 heterocycles. The lowest BCUT2D eigenvalue weighted by atomic mass is 9.94. The van der Waals surface area contributed by atoms with Gasteiger partial charge in [-0.2, -0.15) is 5.26 Å². The van der Waals surface area contributed by atoms with Gasteiger partial charge in [0.15, 0.2) is 0 Å². The van der Waals surface area contributed by atoms with Crippen LogP contribution in [0.1, 0.15) is 28.8 Å². The van der Waals surface area contributed by atoms with Crippen LogP contribution >= 0.6 is 0 Å². The van der Waals surface area contributed by atoms with E-state index < -0.39 is 17.4 Å². The maximum absolute atomic E-state index is 13.1. The first-order valence-corrected chi connectivity index (χ1v) is 10.1. The van der Waals surface area contributed by atoms with E-state index in [0.717, 1.165) is 24.0 Å². The fourth-order valence-corrected chi connectivity index (χ4v) is 3.38. The van der Waals surface area contributed by atoms with E-state index in [9.17, 15) is 14.4 Å². The van der Waals surface area contributed by atoms with Crippen molar-refractivity contribution in [1.82, 2.24) is 21.3 Å². The van der Waals surface area contributed by atoms with Gasteiger partial charge in [-0.05, 0) is 36.1 Å². The minimum absolute atomic E-state index is 0.0131. The molecule has 1 aromatic rings. The van der Waals surface area contributed by atoms with Crippen LogP contribution in [0.25, 0.3) is 0 Å². The molecule has 164 valence electrons. The first-order chi connectivity index (χ1) is 15.4. The molecule has 9 heteroatoms. The van der Waals surface area contributed by atoms with Crippen LogP contribution in [-0.2, 0) is 16.1 Å². The zero-order valence-corrected chi connectivity index (χ0v) is 17.6. The Morgan fingerprint density at radius 1 is 1.16 bits per heavy atom. The van der Waals surface area contributed by atoms with Gasteiger partial charge in [-0.25, -0.2) is 0 Å². The maximum atomic E-state index is 13.1. The molecule has 2 aliphatic carbocycles. The molecule has 1 saturated carbocycles. The van der Waals surface area contributed by atoms with Crippen LogP contribution in [0.3, 0.4) is 0 Å². The molecule has 0 aliphatic heterocycles. The van der Waals surface area contributed by atoms with Crippen molar-refractivity contribution in [2.75, 3.05) is 13.6 Å². The summed E-state index contributed by atoms with van der Waals surface area (Å²) in [7, 11) is 1.77. The van der Waals surface area contributed by atoms with Crippen molar-refractivity contribution in [3.8, 4) is 6.07 Å². The third-order valence-electron chi connectivity index (χ3n) is 5.24. The van der Waals surface area contributed by atoms with Crippen LogP contribution in [0.15, 0.2) is 59.8 Å². The van der Waals surface area contributed by atoms with E-state index in [4.69, 9.17) is 10.7 Å². The minimum Gasteiger partial charge on any atom is -0.393 e. The summed E-state index contributed by atoms with van der Waals surface area (Å²) >= 11 is 0. The van der Waals surface area contributed by atoms with Gasteiger partial charge in [0, 0.05) is 30.9 Å². The number of hydrogen-bond acceptors (Lipinski definition) is 6. The van der Waals surface area contributed by atoms with Crippen molar-refractivity contribution in [1.29, 1.82) is 10.7 Å². The van der Waals surface area contributed by atoms with Crippen LogP contribution < -0.4 is 21.3 Å². The first kappa shape index (κ1) is 22.5. The van der Waals surface area contributed by atoms with Crippen molar-refractivity contribution in [3.05, 3.63) is 71.0 Å². The highest BCUT2D eigenvalue weighted by atomic mass is 16.2. The number of benzene rings is 1. The summed E-state index contributed by atoms with van der Waals surface area (Å²) in [6.07, 6.45) is 8.82. The van der Waals surface area contributed by atoms with Crippen molar-refractivity contribution >= 4 is 23.4 Å². The van der Waals surface area contributed by atoms with E-state index in [0.29, 0.717) is 16.8 Å². The fourth-order valence-electron chi connectivity index (χ4n) is 3.38. The summed E-state index contributed by atoms with van der Waals surface area (Å²) in [5, 5.41) is 27.3. The summed E-state index contributed by atoms with van der Waals surface area (Å²) in [6, 6.07) is 8.55. The Morgan fingerprint density at radius 3 is 2.53 bits per heavy atom. The Morgan fingerprint density at radius 2 is 1.88 bits per heavy atom. The number of carbonyl (C=O) groups is 3. The number of rotatable bonds is 7. The van der Waals surface area contributed by atoms with E-state index in [1.807, 2.05) is 12.2 Å². The highest BCUT2D eigenvalue weighted by Crippen LogP contribution is 2.44. The Bertz CT molecular complexity index is 1090. The summed E-state index contributed by atoms with van der Waals surface area (Å²) in [4.78, 5) is 36.6. The first-order valence-electron chi connectivity index (χ1n) is 10.1. The lowest BCUT2D eigenvalue weighted by Crippen LogP contribution is -2.41. The predicted molar refractivity (Wildman–Crippen MR) is 118 cm³/mol. The second kappa shape index (κ2) is 9.75. The molecule has 0 atom stereocenters. The molecule has 1 fully saturated rings. The normalized spacial score (nSPS) is 17.1. The van der Waals surface area contributed by atoms with Crippen LogP contribution in [0, 0.1) is 16.7 Å². The van der Waals surface area contributed by atoms with Crippen LogP contribution in [0.2, 0.25) is 0 Å². The fraction of sp³-hybridized carbons (Fsp3) is 0.261. The topological polar surface area (TPSA) is 147 Å². The van der Waals surface area contributed by atoms with E-state index in [-0.39, 0.29) is 19.0 Å². The molecule has 5 N–H and O–H groups in total. The largest absolute Gasteiger partial charge is 0.393 e. The molecule has 0 aromatic heterocycles. The third kappa shape index (κ3) is 5.10. The van der Waals surface area contributed by atoms with E-state index in [1.165, 1.54) is 0 Å². The van der Waals surface area contributed by atoms with E-state index in [2.05, 4.69) is 21.3 Å². The second-order valence-corrected chi connectivity index (χ2v) is 7.45. The standard InChI is InChI=1S/C23H24N6O3/c1-26-13-16-6-7-17(12-19(16)25)23(8-9-23)29-20(30)18-5-3-2-4-15(18)14-28-22(32)21(31)27-11-10-24/h2-7,12-13,25-26H,8-9,11,14H2,1H3,(H,27,31)(H,28,32)(H,29,30)/b16-13-,25-19?. The van der Waals surface area contributed by atoms with Crippen LogP contribution in [0.4, 0.5) is 0 Å².